The highest BCUT2D eigenvalue weighted by atomic mass is 16.5. The quantitative estimate of drug-likeness (QED) is 0.504. The fourth-order valence-electron chi connectivity index (χ4n) is 0.837. The third kappa shape index (κ3) is 1.12. The van der Waals surface area contributed by atoms with E-state index in [1.54, 1.807) is 12.5 Å². The maximum absolute atomic E-state index is 5.07. The van der Waals surface area contributed by atoms with Crippen molar-refractivity contribution >= 4 is 6.21 Å². The molecule has 0 saturated carbocycles. The zero-order valence-corrected chi connectivity index (χ0v) is 6.32. The number of rotatable bonds is 0. The fourth-order valence-corrected chi connectivity index (χ4v) is 0.837. The van der Waals surface area contributed by atoms with Gasteiger partial charge in [-0.25, -0.2) is 0 Å². The van der Waals surface area contributed by atoms with Crippen molar-refractivity contribution in [3.05, 3.63) is 12.5 Å². The average molecular weight is 140 g/mol. The maximum atomic E-state index is 5.07. The highest BCUT2D eigenvalue weighted by molar-refractivity contribution is 5.65. The number of nitrogens with zero attached hydrogens (tertiary/aromatic N) is 2. The molecule has 0 N–H and O–H groups in total. The molecule has 0 aliphatic carbocycles. The van der Waals surface area contributed by atoms with Crippen molar-refractivity contribution in [2.75, 3.05) is 6.67 Å². The molecule has 0 spiro atoms. The monoisotopic (exact) mass is 140 g/mol. The van der Waals surface area contributed by atoms with E-state index in [4.69, 9.17) is 4.74 Å². The number of fused-ring (bicyclic) bond motifs is 1. The van der Waals surface area contributed by atoms with Gasteiger partial charge in [0.1, 0.15) is 12.9 Å². The Balaban J connectivity index is 0.000000231. The molecule has 1 unspecified atom stereocenters. The van der Waals surface area contributed by atoms with Gasteiger partial charge in [-0.2, -0.15) is 0 Å². The van der Waals surface area contributed by atoms with Gasteiger partial charge in [0, 0.05) is 6.20 Å². The Hall–Kier alpha value is -0.990. The summed E-state index contributed by atoms with van der Waals surface area (Å²) in [4.78, 5) is 6.01. The van der Waals surface area contributed by atoms with E-state index in [1.165, 1.54) is 0 Å². The lowest BCUT2D eigenvalue weighted by atomic mass is 10.6. The van der Waals surface area contributed by atoms with E-state index in [1.807, 2.05) is 24.9 Å². The average Bonchev–Trinajstić information content (AvgIpc) is 2.49. The Morgan fingerprint density at radius 2 is 2.40 bits per heavy atom. The van der Waals surface area contributed by atoms with Gasteiger partial charge in [0.15, 0.2) is 0 Å². The summed E-state index contributed by atoms with van der Waals surface area (Å²) in [6.45, 7) is 4.75. The van der Waals surface area contributed by atoms with Gasteiger partial charge in [-0.1, -0.05) is 13.8 Å². The van der Waals surface area contributed by atoms with Crippen LogP contribution in [0.25, 0.3) is 0 Å². The second-order valence-electron chi connectivity index (χ2n) is 1.80. The molecule has 3 heteroatoms. The molecule has 2 rings (SSSR count). The summed E-state index contributed by atoms with van der Waals surface area (Å²) >= 11 is 0. The van der Waals surface area contributed by atoms with Crippen LogP contribution in [-0.4, -0.2) is 24.0 Å². The van der Waals surface area contributed by atoms with Crippen molar-refractivity contribution in [1.82, 2.24) is 4.90 Å². The molecule has 3 nitrogen and oxygen atoms in total. The van der Waals surface area contributed by atoms with Crippen molar-refractivity contribution in [1.29, 1.82) is 0 Å². The first-order valence-electron chi connectivity index (χ1n) is 3.55. The van der Waals surface area contributed by atoms with Crippen molar-refractivity contribution < 1.29 is 4.74 Å². The molecule has 0 amide bonds. The maximum Gasteiger partial charge on any atom is 0.208 e. The van der Waals surface area contributed by atoms with Crippen molar-refractivity contribution in [2.24, 2.45) is 4.99 Å². The van der Waals surface area contributed by atoms with Crippen molar-refractivity contribution in [2.45, 2.75) is 20.1 Å². The van der Waals surface area contributed by atoms with Crippen LogP contribution < -0.4 is 0 Å². The highest BCUT2D eigenvalue weighted by Gasteiger charge is 2.21. The number of hydrogen-bond donors (Lipinski definition) is 0. The van der Waals surface area contributed by atoms with E-state index in [9.17, 15) is 0 Å². The Morgan fingerprint density at radius 3 is 3.10 bits per heavy atom. The van der Waals surface area contributed by atoms with Crippen LogP contribution >= 0.6 is 0 Å². The summed E-state index contributed by atoms with van der Waals surface area (Å²) in [5, 5.41) is 0. The van der Waals surface area contributed by atoms with Crippen molar-refractivity contribution in [3.8, 4) is 0 Å². The predicted molar refractivity (Wildman–Crippen MR) is 40.6 cm³/mol. The molecule has 0 radical (unpaired) electrons. The van der Waals surface area contributed by atoms with Crippen LogP contribution in [0.2, 0.25) is 0 Å². The number of hydrogen-bond acceptors (Lipinski definition) is 3. The summed E-state index contributed by atoms with van der Waals surface area (Å²) in [7, 11) is 0. The molecule has 1 atom stereocenters. The standard InChI is InChI=1S/C5H6N2O.C2H6/c1-2-8-5-3-6-4-7(1)5;1-2/h1-3,5H,4H2;1-2H3. The summed E-state index contributed by atoms with van der Waals surface area (Å²) in [6.07, 6.45) is 5.50. The summed E-state index contributed by atoms with van der Waals surface area (Å²) in [5.41, 5.74) is 0. The number of aliphatic imine (C=N–C) groups is 1. The summed E-state index contributed by atoms with van der Waals surface area (Å²) in [5.74, 6) is 0. The first-order chi connectivity index (χ1) is 4.97. The molecular formula is C7H12N2O. The lowest BCUT2D eigenvalue weighted by Crippen LogP contribution is -2.22. The molecule has 0 bridgehead atoms. The lowest BCUT2D eigenvalue weighted by molar-refractivity contribution is 0.136. The van der Waals surface area contributed by atoms with Crippen LogP contribution in [-0.2, 0) is 4.74 Å². The van der Waals surface area contributed by atoms with Crippen molar-refractivity contribution in [3.63, 3.8) is 0 Å². The smallest absolute Gasteiger partial charge is 0.208 e. The molecule has 0 aromatic carbocycles. The van der Waals surface area contributed by atoms with E-state index in [-0.39, 0.29) is 6.23 Å². The van der Waals surface area contributed by atoms with Crippen LogP contribution in [0.4, 0.5) is 0 Å². The second kappa shape index (κ2) is 3.25. The van der Waals surface area contributed by atoms with Gasteiger partial charge in [-0.05, 0) is 0 Å². The van der Waals surface area contributed by atoms with E-state index in [0.717, 1.165) is 6.67 Å². The first-order valence-corrected chi connectivity index (χ1v) is 3.55. The van der Waals surface area contributed by atoms with Gasteiger partial charge in [0.05, 0.1) is 6.21 Å². The fraction of sp³-hybridized carbons (Fsp3) is 0.571. The summed E-state index contributed by atoms with van der Waals surface area (Å²) in [6, 6.07) is 0. The molecule has 0 aromatic heterocycles. The number of ether oxygens (including phenoxy) is 1. The van der Waals surface area contributed by atoms with Gasteiger partial charge in [-0.3, -0.25) is 4.99 Å². The predicted octanol–water partition coefficient (Wildman–Crippen LogP) is 1.18. The molecule has 2 aliphatic rings. The highest BCUT2D eigenvalue weighted by Crippen LogP contribution is 2.12. The second-order valence-corrected chi connectivity index (χ2v) is 1.80. The van der Waals surface area contributed by atoms with Crippen LogP contribution in [0, 0.1) is 0 Å². The molecule has 0 fully saturated rings. The van der Waals surface area contributed by atoms with E-state index in [0.29, 0.717) is 0 Å². The van der Waals surface area contributed by atoms with Crippen LogP contribution in [0.15, 0.2) is 17.5 Å². The van der Waals surface area contributed by atoms with Crippen LogP contribution in [0.1, 0.15) is 13.8 Å². The largest absolute Gasteiger partial charge is 0.471 e. The Labute approximate surface area is 61.0 Å². The third-order valence-corrected chi connectivity index (χ3v) is 1.28. The molecule has 2 heterocycles. The van der Waals surface area contributed by atoms with E-state index in [2.05, 4.69) is 4.99 Å². The lowest BCUT2D eigenvalue weighted by Gasteiger charge is -2.10. The van der Waals surface area contributed by atoms with Gasteiger partial charge in [0.2, 0.25) is 6.23 Å². The Bertz CT molecular complexity index is 136. The normalized spacial score (nSPS) is 25.4. The molecule has 0 aromatic rings. The zero-order chi connectivity index (χ0) is 7.40. The van der Waals surface area contributed by atoms with Crippen LogP contribution in [0.3, 0.4) is 0 Å². The molecule has 2 aliphatic heterocycles. The minimum Gasteiger partial charge on any atom is -0.471 e. The molecular weight excluding hydrogens is 128 g/mol. The van der Waals surface area contributed by atoms with E-state index >= 15 is 0 Å². The van der Waals surface area contributed by atoms with Gasteiger partial charge in [-0.15, -0.1) is 0 Å². The van der Waals surface area contributed by atoms with E-state index < -0.39 is 0 Å². The Kier molecular flexibility index (Phi) is 2.31. The molecule has 10 heavy (non-hydrogen) atoms. The topological polar surface area (TPSA) is 24.8 Å². The first kappa shape index (κ1) is 7.12. The molecule has 0 saturated heterocycles. The SMILES string of the molecule is C1=CN2CN=CC2O1.CC. The minimum absolute atomic E-state index is 0.106. The van der Waals surface area contributed by atoms with Crippen LogP contribution in [0.5, 0.6) is 0 Å². The van der Waals surface area contributed by atoms with Gasteiger partial charge < -0.3 is 9.64 Å². The summed E-state index contributed by atoms with van der Waals surface area (Å²) < 4.78 is 5.07. The molecule has 56 valence electrons. The van der Waals surface area contributed by atoms with Gasteiger partial charge in [0.25, 0.3) is 0 Å². The zero-order valence-electron chi connectivity index (χ0n) is 6.32. The van der Waals surface area contributed by atoms with Gasteiger partial charge >= 0.3 is 0 Å². The Morgan fingerprint density at radius 1 is 1.60 bits per heavy atom. The third-order valence-electron chi connectivity index (χ3n) is 1.28. The minimum atomic E-state index is 0.106.